The molecule has 2 aliphatic rings. The zero-order chi connectivity index (χ0) is 21.3. The van der Waals surface area contributed by atoms with Crippen molar-refractivity contribution in [2.45, 2.75) is 31.6 Å². The van der Waals surface area contributed by atoms with Crippen molar-refractivity contribution in [1.29, 1.82) is 0 Å². The van der Waals surface area contributed by atoms with Crippen LogP contribution in [0.2, 0.25) is 0 Å². The van der Waals surface area contributed by atoms with E-state index in [1.807, 2.05) is 56.3 Å². The van der Waals surface area contributed by atoms with Gasteiger partial charge in [-0.1, -0.05) is 24.3 Å². The van der Waals surface area contributed by atoms with Crippen LogP contribution in [0, 0.1) is 25.7 Å². The Kier molecular flexibility index (Phi) is 5.77. The number of carbonyl (C=O) groups is 3. The minimum atomic E-state index is -0.231. The average Bonchev–Trinajstić information content (AvgIpc) is 3.01. The predicted molar refractivity (Wildman–Crippen MR) is 120 cm³/mol. The highest BCUT2D eigenvalue weighted by Gasteiger charge is 2.47. The van der Waals surface area contributed by atoms with Crippen LogP contribution in [0.1, 0.15) is 24.0 Å². The Morgan fingerprint density at radius 3 is 2.27 bits per heavy atom. The van der Waals surface area contributed by atoms with Gasteiger partial charge in [0.05, 0.1) is 23.3 Å². The van der Waals surface area contributed by atoms with E-state index in [0.29, 0.717) is 18.5 Å². The van der Waals surface area contributed by atoms with Crippen LogP contribution in [0.5, 0.6) is 0 Å². The number of nitrogens with zero attached hydrogens (tertiary/aromatic N) is 1. The molecule has 1 heterocycles. The van der Waals surface area contributed by atoms with E-state index in [9.17, 15) is 14.4 Å². The molecule has 154 valence electrons. The number of thioether (sulfide) groups is 1. The third kappa shape index (κ3) is 3.92. The first kappa shape index (κ1) is 20.4. The molecule has 0 aromatic heterocycles. The highest BCUT2D eigenvalue weighted by molar-refractivity contribution is 8.00. The molecule has 0 bridgehead atoms. The smallest absolute Gasteiger partial charge is 0.238 e. The Balaban J connectivity index is 1.37. The topological polar surface area (TPSA) is 66.5 Å². The lowest BCUT2D eigenvalue weighted by molar-refractivity contribution is -0.122. The summed E-state index contributed by atoms with van der Waals surface area (Å²) in [6.07, 6.45) is 5.24. The second kappa shape index (κ2) is 8.48. The molecular weight excluding hydrogens is 396 g/mol. The molecule has 2 aromatic rings. The molecule has 3 amide bonds. The monoisotopic (exact) mass is 420 g/mol. The molecule has 0 saturated carbocycles. The summed E-state index contributed by atoms with van der Waals surface area (Å²) in [7, 11) is 0. The summed E-state index contributed by atoms with van der Waals surface area (Å²) in [4.78, 5) is 39.9. The van der Waals surface area contributed by atoms with Crippen LogP contribution in [0.25, 0.3) is 0 Å². The largest absolute Gasteiger partial charge is 0.325 e. The quantitative estimate of drug-likeness (QED) is 0.440. The molecule has 1 fully saturated rings. The Labute approximate surface area is 180 Å². The zero-order valence-electron chi connectivity index (χ0n) is 17.1. The van der Waals surface area contributed by atoms with E-state index in [1.165, 1.54) is 16.7 Å². The molecule has 6 heteroatoms. The molecule has 1 N–H and O–H groups in total. The van der Waals surface area contributed by atoms with Crippen molar-refractivity contribution in [1.82, 2.24) is 0 Å². The Morgan fingerprint density at radius 2 is 1.63 bits per heavy atom. The van der Waals surface area contributed by atoms with Gasteiger partial charge < -0.3 is 5.32 Å². The summed E-state index contributed by atoms with van der Waals surface area (Å²) in [6, 6.07) is 13.1. The fourth-order valence-electron chi connectivity index (χ4n) is 3.97. The number of hydrogen-bond acceptors (Lipinski definition) is 4. The van der Waals surface area contributed by atoms with Crippen LogP contribution in [0.4, 0.5) is 11.4 Å². The number of aryl methyl sites for hydroxylation is 1. The number of benzene rings is 2. The van der Waals surface area contributed by atoms with Crippen LogP contribution in [-0.2, 0) is 14.4 Å². The van der Waals surface area contributed by atoms with Gasteiger partial charge in [-0.15, -0.1) is 11.8 Å². The number of amides is 3. The van der Waals surface area contributed by atoms with Gasteiger partial charge in [0.15, 0.2) is 0 Å². The van der Waals surface area contributed by atoms with E-state index in [1.54, 1.807) is 12.1 Å². The third-order valence-corrected chi connectivity index (χ3v) is 6.86. The molecule has 4 rings (SSSR count). The maximum absolute atomic E-state index is 12.7. The van der Waals surface area contributed by atoms with Gasteiger partial charge in [0, 0.05) is 10.6 Å². The van der Waals surface area contributed by atoms with E-state index in [4.69, 9.17) is 0 Å². The molecule has 0 radical (unpaired) electrons. The Bertz CT molecular complexity index is 1000. The van der Waals surface area contributed by atoms with Crippen molar-refractivity contribution in [2.75, 3.05) is 16.0 Å². The highest BCUT2D eigenvalue weighted by atomic mass is 32.2. The predicted octanol–water partition coefficient (Wildman–Crippen LogP) is 4.49. The highest BCUT2D eigenvalue weighted by Crippen LogP contribution is 2.38. The van der Waals surface area contributed by atoms with Crippen LogP contribution in [-0.4, -0.2) is 23.5 Å². The number of anilines is 2. The standard InChI is InChI=1S/C24H24N2O3S/c1-15-6-5-9-21(16(15)2)25-22(27)14-30-18-12-10-17(11-13-18)26-23(28)19-7-3-4-8-20(19)24(26)29/h3-6,9-13,19-20H,7-8,14H2,1-2H3,(H,25,27). The summed E-state index contributed by atoms with van der Waals surface area (Å²) in [5.41, 5.74) is 3.63. The Morgan fingerprint density at radius 1 is 1.00 bits per heavy atom. The van der Waals surface area contributed by atoms with Crippen molar-refractivity contribution in [2.24, 2.45) is 11.8 Å². The first-order chi connectivity index (χ1) is 14.5. The molecule has 2 atom stereocenters. The van der Waals surface area contributed by atoms with Gasteiger partial charge in [-0.3, -0.25) is 19.3 Å². The van der Waals surface area contributed by atoms with Crippen LogP contribution in [0.15, 0.2) is 59.5 Å². The zero-order valence-corrected chi connectivity index (χ0v) is 17.9. The van der Waals surface area contributed by atoms with Gasteiger partial charge in [-0.2, -0.15) is 0 Å². The third-order valence-electron chi connectivity index (χ3n) is 5.85. The number of fused-ring (bicyclic) bond motifs is 1. The molecule has 0 spiro atoms. The minimum absolute atomic E-state index is 0.0701. The maximum Gasteiger partial charge on any atom is 0.238 e. The summed E-state index contributed by atoms with van der Waals surface area (Å²) >= 11 is 1.42. The second-order valence-corrected chi connectivity index (χ2v) is 8.79. The number of nitrogens with one attached hydrogen (secondary N) is 1. The van der Waals surface area contributed by atoms with Crippen LogP contribution in [0.3, 0.4) is 0 Å². The van der Waals surface area contributed by atoms with Gasteiger partial charge in [-0.25, -0.2) is 0 Å². The molecule has 1 saturated heterocycles. The lowest BCUT2D eigenvalue weighted by Gasteiger charge is -2.15. The number of rotatable bonds is 5. The minimum Gasteiger partial charge on any atom is -0.325 e. The van der Waals surface area contributed by atoms with Gasteiger partial charge in [0.25, 0.3) is 0 Å². The molecule has 1 aliphatic heterocycles. The molecule has 2 unspecified atom stereocenters. The van der Waals surface area contributed by atoms with Gasteiger partial charge in [-0.05, 0) is 68.1 Å². The fourth-order valence-corrected chi connectivity index (χ4v) is 4.67. The summed E-state index contributed by atoms with van der Waals surface area (Å²) in [5, 5.41) is 2.95. The van der Waals surface area contributed by atoms with Crippen molar-refractivity contribution in [3.63, 3.8) is 0 Å². The number of carbonyl (C=O) groups excluding carboxylic acids is 3. The number of imide groups is 1. The molecule has 1 aliphatic carbocycles. The average molecular weight is 421 g/mol. The normalized spacial score (nSPS) is 20.4. The van der Waals surface area contributed by atoms with E-state index in [2.05, 4.69) is 5.32 Å². The first-order valence-corrected chi connectivity index (χ1v) is 11.1. The maximum atomic E-state index is 12.7. The summed E-state index contributed by atoms with van der Waals surface area (Å²) in [6.45, 7) is 4.01. The molecule has 2 aromatic carbocycles. The van der Waals surface area contributed by atoms with E-state index in [0.717, 1.165) is 21.7 Å². The molecular formula is C24H24N2O3S. The van der Waals surface area contributed by atoms with Crippen LogP contribution < -0.4 is 10.2 Å². The fraction of sp³-hybridized carbons (Fsp3) is 0.292. The van der Waals surface area contributed by atoms with E-state index in [-0.39, 0.29) is 35.3 Å². The van der Waals surface area contributed by atoms with E-state index < -0.39 is 0 Å². The van der Waals surface area contributed by atoms with Gasteiger partial charge in [0.1, 0.15) is 0 Å². The van der Waals surface area contributed by atoms with Crippen molar-refractivity contribution >= 4 is 40.9 Å². The lowest BCUT2D eigenvalue weighted by Crippen LogP contribution is -2.30. The van der Waals surface area contributed by atoms with Crippen molar-refractivity contribution < 1.29 is 14.4 Å². The molecule has 30 heavy (non-hydrogen) atoms. The summed E-state index contributed by atoms with van der Waals surface area (Å²) in [5.74, 6) is -0.468. The van der Waals surface area contributed by atoms with E-state index >= 15 is 0 Å². The first-order valence-electron chi connectivity index (χ1n) is 10.1. The summed E-state index contributed by atoms with van der Waals surface area (Å²) < 4.78 is 0. The Hall–Kier alpha value is -2.86. The van der Waals surface area contributed by atoms with Crippen molar-refractivity contribution in [3.05, 3.63) is 65.7 Å². The van der Waals surface area contributed by atoms with Crippen LogP contribution >= 0.6 is 11.8 Å². The number of hydrogen-bond donors (Lipinski definition) is 1. The lowest BCUT2D eigenvalue weighted by atomic mass is 9.85. The number of allylic oxidation sites excluding steroid dienone is 2. The van der Waals surface area contributed by atoms with Gasteiger partial charge in [0.2, 0.25) is 17.7 Å². The molecule has 5 nitrogen and oxygen atoms in total. The van der Waals surface area contributed by atoms with Crippen molar-refractivity contribution in [3.8, 4) is 0 Å². The second-order valence-electron chi connectivity index (χ2n) is 7.75. The van der Waals surface area contributed by atoms with Gasteiger partial charge >= 0.3 is 0 Å². The SMILES string of the molecule is Cc1cccc(NC(=O)CSc2ccc(N3C(=O)C4CC=CCC4C3=O)cc2)c1C.